The molecule has 0 unspecified atom stereocenters. The van der Waals surface area contributed by atoms with Gasteiger partial charge in [0.1, 0.15) is 12.3 Å². The molecular formula is C21H32N3O2+. The van der Waals surface area contributed by atoms with Crippen molar-refractivity contribution in [3.05, 3.63) is 24.2 Å². The van der Waals surface area contributed by atoms with Crippen LogP contribution in [0.1, 0.15) is 52.8 Å². The number of fused-ring (bicyclic) bond motifs is 1. The lowest BCUT2D eigenvalue weighted by molar-refractivity contribution is -0.655. The van der Waals surface area contributed by atoms with E-state index in [1.807, 2.05) is 19.2 Å². The van der Waals surface area contributed by atoms with Gasteiger partial charge in [-0.2, -0.15) is 0 Å². The van der Waals surface area contributed by atoms with Gasteiger partial charge in [0.25, 0.3) is 0 Å². The number of pyridine rings is 1. The molecule has 2 aromatic rings. The van der Waals surface area contributed by atoms with Crippen molar-refractivity contribution >= 4 is 17.1 Å². The molecule has 1 fully saturated rings. The van der Waals surface area contributed by atoms with Gasteiger partial charge in [0, 0.05) is 6.42 Å². The summed E-state index contributed by atoms with van der Waals surface area (Å²) in [7, 11) is 2.01. The van der Waals surface area contributed by atoms with Gasteiger partial charge in [-0.15, -0.1) is 4.98 Å². The van der Waals surface area contributed by atoms with E-state index in [0.717, 1.165) is 36.3 Å². The molecule has 2 aromatic heterocycles. The van der Waals surface area contributed by atoms with Crippen molar-refractivity contribution < 1.29 is 14.1 Å². The summed E-state index contributed by atoms with van der Waals surface area (Å²) < 4.78 is 10.1. The van der Waals surface area contributed by atoms with E-state index in [9.17, 15) is 4.79 Å². The fourth-order valence-electron chi connectivity index (χ4n) is 4.49. The Morgan fingerprint density at radius 2 is 2.19 bits per heavy atom. The van der Waals surface area contributed by atoms with E-state index >= 15 is 0 Å². The minimum absolute atomic E-state index is 0.0463. The highest BCUT2D eigenvalue weighted by Crippen LogP contribution is 2.35. The van der Waals surface area contributed by atoms with Crippen LogP contribution in [0.5, 0.6) is 0 Å². The number of hydrogen-bond donors (Lipinski definition) is 0. The normalized spacial score (nSPS) is 23.5. The highest BCUT2D eigenvalue weighted by Gasteiger charge is 2.34. The van der Waals surface area contributed by atoms with Crippen LogP contribution in [0.2, 0.25) is 0 Å². The number of nitrogens with zero attached hydrogens (tertiary/aromatic N) is 3. The predicted octanol–water partition coefficient (Wildman–Crippen LogP) is 3.43. The zero-order valence-corrected chi connectivity index (χ0v) is 16.7. The summed E-state index contributed by atoms with van der Waals surface area (Å²) in [5, 5.41) is 0. The quantitative estimate of drug-likeness (QED) is 0.608. The lowest BCUT2D eigenvalue weighted by Crippen LogP contribution is -2.37. The maximum Gasteiger partial charge on any atom is 0.341 e. The SMILES string of the molecule is CCc1n(CC(=O)O[C@@H]2C[C@H](C)CC[C@H]2C(C)C)c2cccnc2[n+]1C. The molecule has 142 valence electrons. The van der Waals surface area contributed by atoms with E-state index < -0.39 is 0 Å². The van der Waals surface area contributed by atoms with E-state index in [-0.39, 0.29) is 18.6 Å². The summed E-state index contributed by atoms with van der Waals surface area (Å²) in [6, 6.07) is 3.94. The molecule has 0 aromatic carbocycles. The molecule has 2 heterocycles. The van der Waals surface area contributed by atoms with Crippen LogP contribution in [0, 0.1) is 17.8 Å². The van der Waals surface area contributed by atoms with Gasteiger partial charge in [-0.05, 0) is 42.7 Å². The Morgan fingerprint density at radius 1 is 1.42 bits per heavy atom. The van der Waals surface area contributed by atoms with Crippen molar-refractivity contribution in [2.75, 3.05) is 0 Å². The molecule has 0 aliphatic heterocycles. The van der Waals surface area contributed by atoms with Crippen molar-refractivity contribution in [1.29, 1.82) is 0 Å². The molecule has 0 saturated heterocycles. The summed E-state index contributed by atoms with van der Waals surface area (Å²) in [6.45, 7) is 9.09. The standard InChI is InChI=1S/C21H32N3O2/c1-6-19-23(5)21-17(8-7-11-22-21)24(19)13-20(25)26-18-12-15(4)9-10-16(18)14(2)3/h7-8,11,14-16,18H,6,9-10,12-13H2,1-5H3/q+1/t15-,16+,18-/m1/s1. The van der Waals surface area contributed by atoms with E-state index in [0.29, 0.717) is 17.8 Å². The summed E-state index contributed by atoms with van der Waals surface area (Å²) >= 11 is 0. The van der Waals surface area contributed by atoms with Crippen molar-refractivity contribution in [2.45, 2.75) is 66.0 Å². The summed E-state index contributed by atoms with van der Waals surface area (Å²) in [5.74, 6) is 2.60. The van der Waals surface area contributed by atoms with E-state index in [1.54, 1.807) is 6.20 Å². The third kappa shape index (κ3) is 3.62. The molecule has 0 spiro atoms. The summed E-state index contributed by atoms with van der Waals surface area (Å²) in [5.41, 5.74) is 1.89. The van der Waals surface area contributed by atoms with Crippen LogP contribution in [0.25, 0.3) is 11.2 Å². The molecule has 1 saturated carbocycles. The van der Waals surface area contributed by atoms with Gasteiger partial charge in [-0.3, -0.25) is 0 Å². The number of aromatic nitrogens is 3. The second-order valence-corrected chi connectivity index (χ2v) is 8.12. The van der Waals surface area contributed by atoms with Crippen LogP contribution in [0.15, 0.2) is 18.3 Å². The van der Waals surface area contributed by atoms with Crippen LogP contribution in [-0.2, 0) is 29.5 Å². The molecule has 5 nitrogen and oxygen atoms in total. The molecule has 26 heavy (non-hydrogen) atoms. The average Bonchev–Trinajstić information content (AvgIpc) is 2.86. The average molecular weight is 359 g/mol. The first-order valence-electron chi connectivity index (χ1n) is 9.93. The zero-order chi connectivity index (χ0) is 18.8. The lowest BCUT2D eigenvalue weighted by Gasteiger charge is -2.36. The van der Waals surface area contributed by atoms with Crippen LogP contribution in [0.3, 0.4) is 0 Å². The first kappa shape index (κ1) is 18.9. The third-order valence-corrected chi connectivity index (χ3v) is 5.92. The smallest absolute Gasteiger partial charge is 0.341 e. The van der Waals surface area contributed by atoms with Crippen molar-refractivity contribution in [2.24, 2.45) is 24.8 Å². The zero-order valence-electron chi connectivity index (χ0n) is 16.7. The van der Waals surface area contributed by atoms with Gasteiger partial charge in [-0.1, -0.05) is 34.1 Å². The van der Waals surface area contributed by atoms with E-state index in [1.165, 1.54) is 6.42 Å². The highest BCUT2D eigenvalue weighted by molar-refractivity contribution is 5.74. The van der Waals surface area contributed by atoms with Gasteiger partial charge in [0.2, 0.25) is 5.82 Å². The monoisotopic (exact) mass is 358 g/mol. The highest BCUT2D eigenvalue weighted by atomic mass is 16.5. The maximum atomic E-state index is 12.8. The molecule has 5 heteroatoms. The molecule has 1 aliphatic rings. The number of rotatable bonds is 5. The van der Waals surface area contributed by atoms with Crippen LogP contribution in [0.4, 0.5) is 0 Å². The third-order valence-electron chi connectivity index (χ3n) is 5.92. The molecule has 0 bridgehead atoms. The van der Waals surface area contributed by atoms with Crippen LogP contribution < -0.4 is 4.57 Å². The maximum absolute atomic E-state index is 12.8. The fourth-order valence-corrected chi connectivity index (χ4v) is 4.49. The lowest BCUT2D eigenvalue weighted by atomic mass is 9.75. The van der Waals surface area contributed by atoms with Crippen LogP contribution in [-0.4, -0.2) is 21.6 Å². The Balaban J connectivity index is 1.81. The predicted molar refractivity (Wildman–Crippen MR) is 102 cm³/mol. The number of carbonyl (C=O) groups excluding carboxylic acids is 1. The number of ether oxygens (including phenoxy) is 1. The number of esters is 1. The molecular weight excluding hydrogens is 326 g/mol. The number of imidazole rings is 1. The Bertz CT molecular complexity index is 781. The van der Waals surface area contributed by atoms with Gasteiger partial charge in [-0.25, -0.2) is 13.9 Å². The molecule has 0 radical (unpaired) electrons. The van der Waals surface area contributed by atoms with Crippen molar-refractivity contribution in [3.8, 4) is 0 Å². The van der Waals surface area contributed by atoms with E-state index in [2.05, 4.69) is 41.8 Å². The van der Waals surface area contributed by atoms with Crippen molar-refractivity contribution in [1.82, 2.24) is 9.55 Å². The topological polar surface area (TPSA) is 48.0 Å². The second kappa shape index (κ2) is 7.77. The Hall–Kier alpha value is -1.91. The molecule has 3 rings (SSSR count). The summed E-state index contributed by atoms with van der Waals surface area (Å²) in [6.07, 6.45) is 6.06. The second-order valence-electron chi connectivity index (χ2n) is 8.12. The van der Waals surface area contributed by atoms with Crippen molar-refractivity contribution in [3.63, 3.8) is 0 Å². The van der Waals surface area contributed by atoms with Gasteiger partial charge in [0.15, 0.2) is 12.1 Å². The summed E-state index contributed by atoms with van der Waals surface area (Å²) in [4.78, 5) is 17.3. The Morgan fingerprint density at radius 3 is 2.88 bits per heavy atom. The minimum atomic E-state index is -0.134. The Kier molecular flexibility index (Phi) is 5.64. The van der Waals surface area contributed by atoms with Gasteiger partial charge in [0.05, 0.1) is 7.05 Å². The minimum Gasteiger partial charge on any atom is -0.460 e. The molecule has 1 aliphatic carbocycles. The first-order valence-corrected chi connectivity index (χ1v) is 9.93. The molecule has 0 amide bonds. The Labute approximate surface area is 156 Å². The van der Waals surface area contributed by atoms with Crippen LogP contribution >= 0.6 is 0 Å². The number of carbonyl (C=O) groups is 1. The number of aryl methyl sites for hydroxylation is 1. The van der Waals surface area contributed by atoms with Gasteiger partial charge < -0.3 is 4.74 Å². The molecule has 3 atom stereocenters. The molecule has 0 N–H and O–H groups in total. The van der Waals surface area contributed by atoms with Gasteiger partial charge >= 0.3 is 11.6 Å². The largest absolute Gasteiger partial charge is 0.460 e. The fraction of sp³-hybridized carbons (Fsp3) is 0.667. The first-order chi connectivity index (χ1) is 12.4. The van der Waals surface area contributed by atoms with E-state index in [4.69, 9.17) is 4.74 Å². The number of hydrogen-bond acceptors (Lipinski definition) is 3.